The maximum Gasteiger partial charge on any atom is 0.251 e. The quantitative estimate of drug-likeness (QED) is 0.710. The zero-order chi connectivity index (χ0) is 18.4. The Labute approximate surface area is 154 Å². The molecule has 3 aromatic rings. The van der Waals surface area contributed by atoms with Crippen molar-refractivity contribution in [2.24, 2.45) is 0 Å². The highest BCUT2D eigenvalue weighted by Crippen LogP contribution is 2.26. The van der Waals surface area contributed by atoms with Crippen LogP contribution in [0.4, 0.5) is 0 Å². The normalized spacial score (nSPS) is 12.8. The van der Waals surface area contributed by atoms with Gasteiger partial charge in [-0.05, 0) is 48.7 Å². The van der Waals surface area contributed by atoms with Crippen LogP contribution in [0.3, 0.4) is 0 Å². The molecule has 0 aliphatic rings. The summed E-state index contributed by atoms with van der Waals surface area (Å²) < 4.78 is 5.17. The third-order valence-corrected chi connectivity index (χ3v) is 4.55. The lowest BCUT2D eigenvalue weighted by Gasteiger charge is -2.32. The van der Waals surface area contributed by atoms with Crippen LogP contribution in [0.25, 0.3) is 0 Å². The Morgan fingerprint density at radius 1 is 0.885 bits per heavy atom. The molecule has 0 spiro atoms. The monoisotopic (exact) mass is 345 g/mol. The molecule has 132 valence electrons. The fraction of sp³-hybridized carbons (Fsp3) is 0.174. The van der Waals surface area contributed by atoms with E-state index in [0.29, 0.717) is 12.0 Å². The molecule has 0 aliphatic heterocycles. The van der Waals surface area contributed by atoms with Crippen molar-refractivity contribution >= 4 is 5.91 Å². The summed E-state index contributed by atoms with van der Waals surface area (Å²) in [7, 11) is 1.61. The van der Waals surface area contributed by atoms with Gasteiger partial charge in [-0.1, -0.05) is 60.7 Å². The van der Waals surface area contributed by atoms with E-state index >= 15 is 0 Å². The van der Waals surface area contributed by atoms with E-state index in [1.165, 1.54) is 5.56 Å². The van der Waals surface area contributed by atoms with Gasteiger partial charge < -0.3 is 10.1 Å². The second-order valence-corrected chi connectivity index (χ2v) is 6.54. The third kappa shape index (κ3) is 4.12. The second kappa shape index (κ2) is 7.87. The summed E-state index contributed by atoms with van der Waals surface area (Å²) in [4.78, 5) is 12.9. The van der Waals surface area contributed by atoms with Crippen molar-refractivity contribution in [2.45, 2.75) is 18.9 Å². The first-order chi connectivity index (χ1) is 12.6. The molecule has 1 unspecified atom stereocenters. The molecule has 1 N–H and O–H groups in total. The first-order valence-electron chi connectivity index (χ1n) is 8.67. The molecule has 3 rings (SSSR count). The minimum absolute atomic E-state index is 0.102. The minimum Gasteiger partial charge on any atom is -0.497 e. The Morgan fingerprint density at radius 3 is 2.04 bits per heavy atom. The maximum atomic E-state index is 12.9. The molecular weight excluding hydrogens is 322 g/mol. The highest BCUT2D eigenvalue weighted by molar-refractivity contribution is 5.94. The standard InChI is InChI=1S/C23H23NO2/c1-23(20-11-7-4-8-12-20,17-18-9-5-3-6-10-18)24-22(25)19-13-15-21(26-2)16-14-19/h3-16H,17H2,1-2H3,(H,24,25). The van der Waals surface area contributed by atoms with Crippen LogP contribution < -0.4 is 10.1 Å². The zero-order valence-electron chi connectivity index (χ0n) is 15.1. The van der Waals surface area contributed by atoms with Gasteiger partial charge >= 0.3 is 0 Å². The Balaban J connectivity index is 1.89. The topological polar surface area (TPSA) is 38.3 Å². The first-order valence-corrected chi connectivity index (χ1v) is 8.67. The number of carbonyl (C=O) groups excluding carboxylic acids is 1. The molecular formula is C23H23NO2. The number of amides is 1. The Hall–Kier alpha value is -3.07. The SMILES string of the molecule is COc1ccc(C(=O)NC(C)(Cc2ccccc2)c2ccccc2)cc1. The van der Waals surface area contributed by atoms with E-state index < -0.39 is 5.54 Å². The predicted octanol–water partition coefficient (Wildman–Crippen LogP) is 4.58. The van der Waals surface area contributed by atoms with Crippen LogP contribution in [0.2, 0.25) is 0 Å². The molecule has 26 heavy (non-hydrogen) atoms. The van der Waals surface area contributed by atoms with E-state index in [0.717, 1.165) is 11.3 Å². The number of carbonyl (C=O) groups is 1. The first kappa shape index (κ1) is 17.7. The molecule has 0 aliphatic carbocycles. The van der Waals surface area contributed by atoms with E-state index in [2.05, 4.69) is 36.5 Å². The molecule has 3 nitrogen and oxygen atoms in total. The fourth-order valence-corrected chi connectivity index (χ4v) is 3.09. The molecule has 0 radical (unpaired) electrons. The molecule has 0 bridgehead atoms. The molecule has 1 amide bonds. The number of rotatable bonds is 6. The van der Waals surface area contributed by atoms with Crippen molar-refractivity contribution in [3.8, 4) is 5.75 Å². The average molecular weight is 345 g/mol. The molecule has 0 heterocycles. The van der Waals surface area contributed by atoms with Crippen molar-refractivity contribution in [3.63, 3.8) is 0 Å². The smallest absolute Gasteiger partial charge is 0.251 e. The zero-order valence-corrected chi connectivity index (χ0v) is 15.1. The van der Waals surface area contributed by atoms with Crippen LogP contribution in [0, 0.1) is 0 Å². The van der Waals surface area contributed by atoms with Crippen LogP contribution in [-0.4, -0.2) is 13.0 Å². The Kier molecular flexibility index (Phi) is 5.37. The number of methoxy groups -OCH3 is 1. The van der Waals surface area contributed by atoms with Gasteiger partial charge in [0.05, 0.1) is 12.6 Å². The second-order valence-electron chi connectivity index (χ2n) is 6.54. The third-order valence-electron chi connectivity index (χ3n) is 4.55. The fourth-order valence-electron chi connectivity index (χ4n) is 3.09. The maximum absolute atomic E-state index is 12.9. The molecule has 3 heteroatoms. The molecule has 0 saturated carbocycles. The van der Waals surface area contributed by atoms with Crippen molar-refractivity contribution in [1.82, 2.24) is 5.32 Å². The van der Waals surface area contributed by atoms with Crippen LogP contribution in [0.5, 0.6) is 5.75 Å². The lowest BCUT2D eigenvalue weighted by Crippen LogP contribution is -2.45. The lowest BCUT2D eigenvalue weighted by atomic mass is 9.85. The van der Waals surface area contributed by atoms with Crippen LogP contribution in [0.15, 0.2) is 84.9 Å². The average Bonchev–Trinajstić information content (AvgIpc) is 2.69. The summed E-state index contributed by atoms with van der Waals surface area (Å²) in [5.41, 5.74) is 2.35. The minimum atomic E-state index is -0.514. The van der Waals surface area contributed by atoms with E-state index in [4.69, 9.17) is 4.74 Å². The Morgan fingerprint density at radius 2 is 1.46 bits per heavy atom. The highest BCUT2D eigenvalue weighted by Gasteiger charge is 2.29. The van der Waals surface area contributed by atoms with Gasteiger partial charge in [0.1, 0.15) is 5.75 Å². The summed E-state index contributed by atoms with van der Waals surface area (Å²) in [5, 5.41) is 3.23. The summed E-state index contributed by atoms with van der Waals surface area (Å²) in [6.45, 7) is 2.07. The lowest BCUT2D eigenvalue weighted by molar-refractivity contribution is 0.0904. The van der Waals surface area contributed by atoms with E-state index in [1.807, 2.05) is 36.4 Å². The van der Waals surface area contributed by atoms with Crippen LogP contribution in [0.1, 0.15) is 28.4 Å². The Bertz CT molecular complexity index is 844. The van der Waals surface area contributed by atoms with Crippen LogP contribution in [-0.2, 0) is 12.0 Å². The van der Waals surface area contributed by atoms with Crippen molar-refractivity contribution in [1.29, 1.82) is 0 Å². The van der Waals surface area contributed by atoms with Gasteiger partial charge in [0.2, 0.25) is 0 Å². The van der Waals surface area contributed by atoms with Gasteiger partial charge in [0, 0.05) is 5.56 Å². The summed E-state index contributed by atoms with van der Waals surface area (Å²) in [5.74, 6) is 0.631. The van der Waals surface area contributed by atoms with E-state index in [-0.39, 0.29) is 5.91 Å². The van der Waals surface area contributed by atoms with Crippen molar-refractivity contribution < 1.29 is 9.53 Å². The van der Waals surface area contributed by atoms with Gasteiger partial charge in [-0.25, -0.2) is 0 Å². The van der Waals surface area contributed by atoms with Gasteiger partial charge in [-0.3, -0.25) is 4.79 Å². The van der Waals surface area contributed by atoms with E-state index in [9.17, 15) is 4.79 Å². The molecule has 3 aromatic carbocycles. The van der Waals surface area contributed by atoms with Crippen molar-refractivity contribution in [2.75, 3.05) is 7.11 Å². The van der Waals surface area contributed by atoms with Gasteiger partial charge in [-0.15, -0.1) is 0 Å². The van der Waals surface area contributed by atoms with Crippen LogP contribution >= 0.6 is 0 Å². The predicted molar refractivity (Wildman–Crippen MR) is 104 cm³/mol. The van der Waals surface area contributed by atoms with Gasteiger partial charge in [0.15, 0.2) is 0 Å². The number of benzene rings is 3. The molecule has 0 fully saturated rings. The summed E-state index contributed by atoms with van der Waals surface area (Å²) in [6.07, 6.45) is 0.708. The van der Waals surface area contributed by atoms with E-state index in [1.54, 1.807) is 31.4 Å². The largest absolute Gasteiger partial charge is 0.497 e. The summed E-state index contributed by atoms with van der Waals surface area (Å²) >= 11 is 0. The summed E-state index contributed by atoms with van der Waals surface area (Å²) in [6, 6.07) is 27.4. The molecule has 0 saturated heterocycles. The molecule has 0 aromatic heterocycles. The molecule has 1 atom stereocenters. The van der Waals surface area contributed by atoms with Crippen molar-refractivity contribution in [3.05, 3.63) is 102 Å². The number of hydrogen-bond acceptors (Lipinski definition) is 2. The number of nitrogens with one attached hydrogen (secondary N) is 1. The van der Waals surface area contributed by atoms with Gasteiger partial charge in [0.25, 0.3) is 5.91 Å². The highest BCUT2D eigenvalue weighted by atomic mass is 16.5. The number of hydrogen-bond donors (Lipinski definition) is 1. The number of ether oxygens (including phenoxy) is 1. The van der Waals surface area contributed by atoms with Gasteiger partial charge in [-0.2, -0.15) is 0 Å².